The van der Waals surface area contributed by atoms with Crippen molar-refractivity contribution in [3.63, 3.8) is 0 Å². The molecule has 1 heterocycles. The number of hydrogen-bond acceptors (Lipinski definition) is 11. The van der Waals surface area contributed by atoms with Crippen LogP contribution in [-0.2, 0) is 30.2 Å². The zero-order valence-electron chi connectivity index (χ0n) is 13.2. The van der Waals surface area contributed by atoms with Crippen LogP contribution in [-0.4, -0.2) is 91.1 Å². The molecule has 14 heteroatoms. The molecule has 0 aromatic rings. The minimum absolute atomic E-state index is 0.0209. The summed E-state index contributed by atoms with van der Waals surface area (Å²) in [6.07, 6.45) is -3.92. The van der Waals surface area contributed by atoms with Crippen molar-refractivity contribution < 1.29 is 46.6 Å². The Morgan fingerprint density at radius 2 is 1.92 bits per heavy atom. The molecule has 0 bridgehead atoms. The molecular formula is C11H21NO10S3. The molecule has 1 aliphatic heterocycles. The third-order valence-corrected chi connectivity index (χ3v) is 5.46. The zero-order valence-corrected chi connectivity index (χ0v) is 15.6. The summed E-state index contributed by atoms with van der Waals surface area (Å²) in [4.78, 5) is 0. The van der Waals surface area contributed by atoms with Crippen LogP contribution in [0.1, 0.15) is 12.8 Å². The van der Waals surface area contributed by atoms with Gasteiger partial charge in [-0.1, -0.05) is 16.9 Å². The van der Waals surface area contributed by atoms with Crippen LogP contribution in [0.3, 0.4) is 0 Å². The Balaban J connectivity index is 2.85. The van der Waals surface area contributed by atoms with E-state index in [0.29, 0.717) is 23.9 Å². The molecule has 25 heavy (non-hydrogen) atoms. The van der Waals surface area contributed by atoms with Crippen LogP contribution in [0.15, 0.2) is 5.16 Å². The number of oxime groups is 1. The van der Waals surface area contributed by atoms with Crippen molar-refractivity contribution in [1.82, 2.24) is 0 Å². The maximum Gasteiger partial charge on any atom is 0.466 e. The summed E-state index contributed by atoms with van der Waals surface area (Å²) in [5.41, 5.74) is -1.19. The Kier molecular flexibility index (Phi) is 9.20. The fourth-order valence-corrected chi connectivity index (χ4v) is 3.83. The molecule has 1 fully saturated rings. The third-order valence-electron chi connectivity index (χ3n) is 3.16. The van der Waals surface area contributed by atoms with Gasteiger partial charge >= 0.3 is 10.4 Å². The minimum atomic E-state index is -4.84. The fourth-order valence-electron chi connectivity index (χ4n) is 1.94. The molecule has 0 amide bonds. The predicted molar refractivity (Wildman–Crippen MR) is 89.6 cm³/mol. The minimum Gasteiger partial charge on any atom is -0.394 e. The molecule has 0 saturated carbocycles. The molecule has 6 atom stereocenters. The van der Waals surface area contributed by atoms with Crippen molar-refractivity contribution in [2.24, 2.45) is 5.16 Å². The van der Waals surface area contributed by atoms with Crippen LogP contribution in [0.5, 0.6) is 0 Å². The SMILES string of the molecule is C[S@@](=O)CCC/C(=N/OS(=O)(=O)O)S[C@@H]1O[C@H](CO)[C@@H](O)[C@H](O)[C@H]1O. The van der Waals surface area contributed by atoms with Crippen molar-refractivity contribution in [2.75, 3.05) is 18.6 Å². The molecule has 0 aromatic carbocycles. The van der Waals surface area contributed by atoms with E-state index in [0.717, 1.165) is 0 Å². The van der Waals surface area contributed by atoms with Gasteiger partial charge in [0, 0.05) is 29.2 Å². The first-order chi connectivity index (χ1) is 11.5. The largest absolute Gasteiger partial charge is 0.466 e. The third kappa shape index (κ3) is 7.84. The molecule has 0 unspecified atom stereocenters. The van der Waals surface area contributed by atoms with Crippen molar-refractivity contribution in [3.05, 3.63) is 0 Å². The molecule has 5 N–H and O–H groups in total. The van der Waals surface area contributed by atoms with E-state index in [9.17, 15) is 27.9 Å². The van der Waals surface area contributed by atoms with Gasteiger partial charge < -0.3 is 25.2 Å². The van der Waals surface area contributed by atoms with E-state index in [-0.39, 0.29) is 11.5 Å². The first kappa shape index (κ1) is 22.7. The van der Waals surface area contributed by atoms with Gasteiger partial charge in [-0.25, -0.2) is 4.28 Å². The first-order valence-electron chi connectivity index (χ1n) is 7.05. The Morgan fingerprint density at radius 3 is 2.44 bits per heavy atom. The van der Waals surface area contributed by atoms with E-state index >= 15 is 0 Å². The Morgan fingerprint density at radius 1 is 1.28 bits per heavy atom. The summed E-state index contributed by atoms with van der Waals surface area (Å²) in [5.74, 6) is 0.292. The topological polar surface area (TPSA) is 183 Å². The average molecular weight is 423 g/mol. The van der Waals surface area contributed by atoms with Gasteiger partial charge in [0.25, 0.3) is 0 Å². The highest BCUT2D eigenvalue weighted by atomic mass is 32.3. The standard InChI is InChI=1S/C11H21NO10S3/c1-24(17)4-2-3-7(12-22-25(18,19)20)23-11-10(16)9(15)8(14)6(5-13)21-11/h6,8-11,13-16H,2-5H2,1H3,(H,18,19,20)/b12-7-/t6-,8-,9+,10-,11+,24-/m1/s1. The second kappa shape index (κ2) is 10.1. The summed E-state index contributed by atoms with van der Waals surface area (Å²) in [7, 11) is -5.94. The summed E-state index contributed by atoms with van der Waals surface area (Å²) >= 11 is 0.687. The van der Waals surface area contributed by atoms with Gasteiger partial charge in [0.1, 0.15) is 34.9 Å². The zero-order chi connectivity index (χ0) is 19.2. The first-order valence-corrected chi connectivity index (χ1v) is 11.0. The van der Waals surface area contributed by atoms with E-state index in [4.69, 9.17) is 14.4 Å². The van der Waals surface area contributed by atoms with Crippen LogP contribution in [0.25, 0.3) is 0 Å². The van der Waals surface area contributed by atoms with Gasteiger partial charge in [-0.2, -0.15) is 8.42 Å². The van der Waals surface area contributed by atoms with Crippen LogP contribution in [0, 0.1) is 0 Å². The van der Waals surface area contributed by atoms with E-state index in [2.05, 4.69) is 9.44 Å². The second-order valence-electron chi connectivity index (χ2n) is 5.18. The summed E-state index contributed by atoms with van der Waals surface area (Å²) < 4.78 is 50.2. The van der Waals surface area contributed by atoms with Gasteiger partial charge in [-0.15, -0.1) is 0 Å². The van der Waals surface area contributed by atoms with E-state index in [1.54, 1.807) is 0 Å². The maximum absolute atomic E-state index is 11.1. The lowest BCUT2D eigenvalue weighted by Gasteiger charge is -2.39. The van der Waals surface area contributed by atoms with E-state index < -0.39 is 57.7 Å². The lowest BCUT2D eigenvalue weighted by molar-refractivity contribution is -0.205. The summed E-state index contributed by atoms with van der Waals surface area (Å²) in [6, 6.07) is 0. The lowest BCUT2D eigenvalue weighted by Crippen LogP contribution is -2.57. The second-order valence-corrected chi connectivity index (χ2v) is 8.91. The molecule has 0 spiro atoms. The van der Waals surface area contributed by atoms with Crippen molar-refractivity contribution in [1.29, 1.82) is 0 Å². The molecule has 0 aliphatic carbocycles. The molecule has 11 nitrogen and oxygen atoms in total. The van der Waals surface area contributed by atoms with Crippen LogP contribution >= 0.6 is 11.8 Å². The van der Waals surface area contributed by atoms with Gasteiger partial charge in [-0.3, -0.25) is 8.76 Å². The molecule has 0 radical (unpaired) electrons. The van der Waals surface area contributed by atoms with Crippen molar-refractivity contribution in [3.8, 4) is 0 Å². The number of hydrogen-bond donors (Lipinski definition) is 5. The van der Waals surface area contributed by atoms with Crippen LogP contribution in [0.2, 0.25) is 0 Å². The highest BCUT2D eigenvalue weighted by Gasteiger charge is 2.44. The lowest BCUT2D eigenvalue weighted by atomic mass is 10.0. The highest BCUT2D eigenvalue weighted by molar-refractivity contribution is 8.14. The summed E-state index contributed by atoms with van der Waals surface area (Å²) in [5, 5.41) is 41.8. The van der Waals surface area contributed by atoms with E-state index in [1.807, 2.05) is 0 Å². The predicted octanol–water partition coefficient (Wildman–Crippen LogP) is -2.19. The Labute approximate surface area is 151 Å². The van der Waals surface area contributed by atoms with Gasteiger partial charge in [0.05, 0.1) is 6.61 Å². The van der Waals surface area contributed by atoms with Gasteiger partial charge in [0.2, 0.25) is 0 Å². The van der Waals surface area contributed by atoms with Crippen LogP contribution in [0.4, 0.5) is 0 Å². The number of nitrogens with zero attached hydrogens (tertiary/aromatic N) is 1. The quantitative estimate of drug-likeness (QED) is 0.124. The molecule has 148 valence electrons. The molecule has 0 aromatic heterocycles. The maximum atomic E-state index is 11.1. The normalized spacial score (nSPS) is 32.4. The Hall–Kier alpha value is -0.320. The molecular weight excluding hydrogens is 402 g/mol. The van der Waals surface area contributed by atoms with Crippen LogP contribution < -0.4 is 0 Å². The number of rotatable bonds is 8. The highest BCUT2D eigenvalue weighted by Crippen LogP contribution is 2.30. The average Bonchev–Trinajstić information content (AvgIpc) is 2.51. The molecule has 1 saturated heterocycles. The molecule has 1 aliphatic rings. The van der Waals surface area contributed by atoms with Crippen molar-refractivity contribution >= 4 is 38.0 Å². The monoisotopic (exact) mass is 423 g/mol. The fraction of sp³-hybridized carbons (Fsp3) is 0.909. The molecule has 1 rings (SSSR count). The Bertz CT molecular complexity index is 581. The van der Waals surface area contributed by atoms with Crippen molar-refractivity contribution in [2.45, 2.75) is 42.7 Å². The summed E-state index contributed by atoms with van der Waals surface area (Å²) in [6.45, 7) is -0.620. The number of thioether (sulfide) groups is 1. The van der Waals surface area contributed by atoms with E-state index in [1.165, 1.54) is 6.26 Å². The van der Waals surface area contributed by atoms with Gasteiger partial charge in [-0.05, 0) is 6.42 Å². The van der Waals surface area contributed by atoms with Gasteiger partial charge in [0.15, 0.2) is 0 Å². The number of aliphatic hydroxyl groups is 4. The number of aliphatic hydroxyl groups excluding tert-OH is 4. The number of ether oxygens (including phenoxy) is 1. The smallest absolute Gasteiger partial charge is 0.394 e.